The van der Waals surface area contributed by atoms with Gasteiger partial charge in [-0.2, -0.15) is 0 Å². The highest BCUT2D eigenvalue weighted by Crippen LogP contribution is 2.18. The van der Waals surface area contributed by atoms with Gasteiger partial charge in [-0.1, -0.05) is 5.16 Å². The Labute approximate surface area is 97.5 Å². The normalized spacial score (nSPS) is 21.6. The Morgan fingerprint density at radius 2 is 2.53 bits per heavy atom. The van der Waals surface area contributed by atoms with Crippen LogP contribution in [0.4, 0.5) is 10.2 Å². The number of ether oxygens (including phenoxy) is 1. The Kier molecular flexibility index (Phi) is 3.38. The van der Waals surface area contributed by atoms with Gasteiger partial charge in [0.1, 0.15) is 6.10 Å². The molecule has 0 bridgehead atoms. The molecule has 92 valence electrons. The van der Waals surface area contributed by atoms with Crippen LogP contribution in [0, 0.1) is 5.82 Å². The summed E-state index contributed by atoms with van der Waals surface area (Å²) < 4.78 is 18.8. The fraction of sp³-hybridized carbons (Fsp3) is 0.400. The quantitative estimate of drug-likeness (QED) is 0.333. The molecule has 6 nitrogen and oxygen atoms in total. The second-order valence-electron chi connectivity index (χ2n) is 3.64. The van der Waals surface area contributed by atoms with E-state index in [0.29, 0.717) is 19.7 Å². The lowest BCUT2D eigenvalue weighted by atomic mass is 10.2. The third-order valence-corrected chi connectivity index (χ3v) is 2.55. The molecule has 1 aliphatic rings. The maximum absolute atomic E-state index is 13.5. The lowest BCUT2D eigenvalue weighted by molar-refractivity contribution is 0.0801. The zero-order valence-electron chi connectivity index (χ0n) is 9.08. The zero-order chi connectivity index (χ0) is 12.3. The fourth-order valence-electron chi connectivity index (χ4n) is 1.70. The number of rotatable bonds is 2. The zero-order valence-corrected chi connectivity index (χ0v) is 9.08. The molecule has 17 heavy (non-hydrogen) atoms. The summed E-state index contributed by atoms with van der Waals surface area (Å²) in [4.78, 5) is 5.68. The van der Waals surface area contributed by atoms with Crippen LogP contribution in [0.15, 0.2) is 23.5 Å². The van der Waals surface area contributed by atoms with E-state index in [0.717, 1.165) is 0 Å². The number of nitrogens with zero attached hydrogens (tertiary/aromatic N) is 3. The van der Waals surface area contributed by atoms with Crippen molar-refractivity contribution in [3.8, 4) is 0 Å². The Hall–Kier alpha value is -1.89. The van der Waals surface area contributed by atoms with Crippen molar-refractivity contribution < 1.29 is 14.3 Å². The highest BCUT2D eigenvalue weighted by atomic mass is 19.1. The van der Waals surface area contributed by atoms with Gasteiger partial charge in [-0.3, -0.25) is 0 Å². The second kappa shape index (κ2) is 4.96. The second-order valence-corrected chi connectivity index (χ2v) is 3.64. The van der Waals surface area contributed by atoms with E-state index in [-0.39, 0.29) is 11.7 Å². The molecule has 1 unspecified atom stereocenters. The number of aromatic nitrogens is 1. The largest absolute Gasteiger partial charge is 0.409 e. The summed E-state index contributed by atoms with van der Waals surface area (Å²) >= 11 is 0. The van der Waals surface area contributed by atoms with Crippen LogP contribution >= 0.6 is 0 Å². The van der Waals surface area contributed by atoms with Crippen LogP contribution in [0.3, 0.4) is 0 Å². The van der Waals surface area contributed by atoms with Gasteiger partial charge in [-0.15, -0.1) is 0 Å². The highest BCUT2D eigenvalue weighted by Gasteiger charge is 2.26. The summed E-state index contributed by atoms with van der Waals surface area (Å²) in [6.07, 6.45) is 0.974. The first kappa shape index (κ1) is 11.6. The van der Waals surface area contributed by atoms with Gasteiger partial charge in [0.05, 0.1) is 13.2 Å². The molecule has 0 saturated carbocycles. The Morgan fingerprint density at radius 3 is 3.24 bits per heavy atom. The highest BCUT2D eigenvalue weighted by molar-refractivity contribution is 5.85. The molecule has 1 aliphatic heterocycles. The van der Waals surface area contributed by atoms with Gasteiger partial charge in [0.15, 0.2) is 17.5 Å². The lowest BCUT2D eigenvalue weighted by Crippen LogP contribution is -2.49. The molecule has 3 N–H and O–H groups in total. The van der Waals surface area contributed by atoms with Crippen molar-refractivity contribution >= 4 is 11.7 Å². The average molecular weight is 240 g/mol. The first-order chi connectivity index (χ1) is 8.22. The Morgan fingerprint density at radius 1 is 1.71 bits per heavy atom. The number of hydrogen-bond acceptors (Lipinski definition) is 5. The third kappa shape index (κ3) is 2.44. The van der Waals surface area contributed by atoms with E-state index in [4.69, 9.17) is 15.7 Å². The molecule has 1 aromatic rings. The summed E-state index contributed by atoms with van der Waals surface area (Å²) in [6.45, 7) is 1.20. The number of pyridine rings is 1. The van der Waals surface area contributed by atoms with Crippen LogP contribution in [-0.2, 0) is 4.74 Å². The number of morpholine rings is 1. The molecule has 1 aromatic heterocycles. The van der Waals surface area contributed by atoms with E-state index in [1.807, 2.05) is 0 Å². The predicted octanol–water partition coefficient (Wildman–Crippen LogP) is 0.172. The number of nitrogens with two attached hydrogens (primary N) is 1. The minimum absolute atomic E-state index is 0.0222. The topological polar surface area (TPSA) is 84.0 Å². The van der Waals surface area contributed by atoms with Gasteiger partial charge >= 0.3 is 0 Å². The summed E-state index contributed by atoms with van der Waals surface area (Å²) in [5, 5.41) is 11.5. The molecule has 1 atom stereocenters. The lowest BCUT2D eigenvalue weighted by Gasteiger charge is -2.33. The molecule has 0 aliphatic carbocycles. The molecule has 2 rings (SSSR count). The Bertz CT molecular complexity index is 427. The van der Waals surface area contributed by atoms with Gasteiger partial charge in [-0.25, -0.2) is 9.37 Å². The van der Waals surface area contributed by atoms with Crippen molar-refractivity contribution in [1.82, 2.24) is 4.98 Å². The van der Waals surface area contributed by atoms with Gasteiger partial charge in [-0.05, 0) is 12.1 Å². The van der Waals surface area contributed by atoms with Crippen LogP contribution in [-0.4, -0.2) is 41.8 Å². The van der Waals surface area contributed by atoms with Gasteiger partial charge < -0.3 is 20.6 Å². The van der Waals surface area contributed by atoms with E-state index in [1.54, 1.807) is 4.90 Å². The first-order valence-corrected chi connectivity index (χ1v) is 5.17. The van der Waals surface area contributed by atoms with Crippen LogP contribution in [0.1, 0.15) is 0 Å². The molecule has 0 radical (unpaired) electrons. The molecule has 0 amide bonds. The molecule has 7 heteroatoms. The van der Waals surface area contributed by atoms with Crippen LogP contribution in [0.2, 0.25) is 0 Å². The van der Waals surface area contributed by atoms with Crippen LogP contribution in [0.5, 0.6) is 0 Å². The summed E-state index contributed by atoms with van der Waals surface area (Å²) in [6, 6.07) is 2.87. The van der Waals surface area contributed by atoms with Gasteiger partial charge in [0, 0.05) is 12.7 Å². The molecule has 1 fully saturated rings. The van der Waals surface area contributed by atoms with Crippen molar-refractivity contribution in [3.05, 3.63) is 24.1 Å². The SMILES string of the molecule is N/C(=N\O)C1CN(c2ncccc2F)CCO1. The monoisotopic (exact) mass is 240 g/mol. The maximum Gasteiger partial charge on any atom is 0.170 e. The average Bonchev–Trinajstić information content (AvgIpc) is 2.38. The molecule has 0 aromatic carbocycles. The Balaban J connectivity index is 2.15. The van der Waals surface area contributed by atoms with E-state index in [2.05, 4.69) is 10.1 Å². The first-order valence-electron chi connectivity index (χ1n) is 5.17. The number of oxime groups is 1. The maximum atomic E-state index is 13.5. The van der Waals surface area contributed by atoms with E-state index in [9.17, 15) is 4.39 Å². The van der Waals surface area contributed by atoms with Crippen molar-refractivity contribution in [2.45, 2.75) is 6.10 Å². The predicted molar refractivity (Wildman–Crippen MR) is 59.6 cm³/mol. The fourth-order valence-corrected chi connectivity index (χ4v) is 1.70. The number of anilines is 1. The molecule has 2 heterocycles. The van der Waals surface area contributed by atoms with Crippen molar-refractivity contribution in [3.63, 3.8) is 0 Å². The minimum atomic E-state index is -0.546. The van der Waals surface area contributed by atoms with E-state index >= 15 is 0 Å². The van der Waals surface area contributed by atoms with Crippen molar-refractivity contribution in [2.24, 2.45) is 10.9 Å². The van der Waals surface area contributed by atoms with E-state index < -0.39 is 11.9 Å². The molecule has 1 saturated heterocycles. The summed E-state index contributed by atoms with van der Waals surface area (Å²) in [7, 11) is 0. The summed E-state index contributed by atoms with van der Waals surface area (Å²) in [5.74, 6) is -0.162. The minimum Gasteiger partial charge on any atom is -0.409 e. The molecular formula is C10H13FN4O2. The number of amidine groups is 1. The van der Waals surface area contributed by atoms with E-state index in [1.165, 1.54) is 18.3 Å². The number of halogens is 1. The van der Waals surface area contributed by atoms with Gasteiger partial charge in [0.2, 0.25) is 0 Å². The third-order valence-electron chi connectivity index (χ3n) is 2.55. The van der Waals surface area contributed by atoms with Crippen molar-refractivity contribution in [2.75, 3.05) is 24.6 Å². The summed E-state index contributed by atoms with van der Waals surface area (Å²) in [5.41, 5.74) is 5.46. The van der Waals surface area contributed by atoms with Gasteiger partial charge in [0.25, 0.3) is 0 Å². The molecule has 0 spiro atoms. The van der Waals surface area contributed by atoms with Crippen LogP contribution in [0.25, 0.3) is 0 Å². The standard InChI is InChI=1S/C10H13FN4O2/c11-7-2-1-3-13-10(7)15-4-5-17-8(6-15)9(12)14-16/h1-3,8,16H,4-6H2,(H2,12,14). The van der Waals surface area contributed by atoms with Crippen molar-refractivity contribution in [1.29, 1.82) is 0 Å². The smallest absolute Gasteiger partial charge is 0.170 e. The van der Waals surface area contributed by atoms with Crippen LogP contribution < -0.4 is 10.6 Å². The molecular weight excluding hydrogens is 227 g/mol. The number of hydrogen-bond donors (Lipinski definition) is 2.